The van der Waals surface area contributed by atoms with E-state index >= 15 is 0 Å². The molecule has 2 unspecified atom stereocenters. The average Bonchev–Trinajstić information content (AvgIpc) is 2.29. The molecule has 1 aliphatic rings. The van der Waals surface area contributed by atoms with Crippen molar-refractivity contribution in [2.75, 3.05) is 13.1 Å². The molecule has 0 spiro atoms. The zero-order valence-corrected chi connectivity index (χ0v) is 11.5. The van der Waals surface area contributed by atoms with E-state index in [1.807, 2.05) is 0 Å². The van der Waals surface area contributed by atoms with Gasteiger partial charge in [0.2, 0.25) is 0 Å². The Kier molecular flexibility index (Phi) is 5.26. The Bertz CT molecular complexity index is 197. The summed E-state index contributed by atoms with van der Waals surface area (Å²) in [5, 5.41) is 10.5. The zero-order chi connectivity index (χ0) is 12.2. The van der Waals surface area contributed by atoms with Crippen molar-refractivity contribution in [3.8, 4) is 0 Å². The van der Waals surface area contributed by atoms with E-state index in [4.69, 9.17) is 0 Å². The first-order chi connectivity index (χ1) is 7.50. The molecular formula is C14H29NO. The lowest BCUT2D eigenvalue weighted by Gasteiger charge is -2.45. The summed E-state index contributed by atoms with van der Waals surface area (Å²) in [7, 11) is 0. The predicted octanol–water partition coefficient (Wildman–Crippen LogP) is 3.05. The van der Waals surface area contributed by atoms with E-state index in [-0.39, 0.29) is 11.6 Å². The van der Waals surface area contributed by atoms with Crippen molar-refractivity contribution < 1.29 is 5.11 Å². The molecule has 0 radical (unpaired) electrons. The Balaban J connectivity index is 2.59. The Hall–Kier alpha value is -0.0800. The van der Waals surface area contributed by atoms with Gasteiger partial charge in [-0.25, -0.2) is 0 Å². The maximum absolute atomic E-state index is 10.5. The quantitative estimate of drug-likeness (QED) is 0.780. The number of hydrogen-bond donors (Lipinski definition) is 1. The molecule has 1 rings (SSSR count). The first-order valence-corrected chi connectivity index (χ1v) is 6.93. The van der Waals surface area contributed by atoms with E-state index < -0.39 is 0 Å². The molecule has 1 aliphatic heterocycles. The third-order valence-electron chi connectivity index (χ3n) is 4.18. The van der Waals surface area contributed by atoms with E-state index in [2.05, 4.69) is 32.6 Å². The molecule has 0 aromatic rings. The topological polar surface area (TPSA) is 23.5 Å². The van der Waals surface area contributed by atoms with E-state index in [0.29, 0.717) is 5.92 Å². The number of hydrogen-bond acceptors (Lipinski definition) is 2. The fourth-order valence-corrected chi connectivity index (χ4v) is 2.97. The minimum absolute atomic E-state index is 0.0605. The molecule has 0 bridgehead atoms. The van der Waals surface area contributed by atoms with Crippen LogP contribution in [0.3, 0.4) is 0 Å². The highest BCUT2D eigenvalue weighted by molar-refractivity contribution is 4.92. The summed E-state index contributed by atoms with van der Waals surface area (Å²) in [6.45, 7) is 11.1. The van der Waals surface area contributed by atoms with Crippen LogP contribution < -0.4 is 0 Å². The van der Waals surface area contributed by atoms with Gasteiger partial charge in [-0.05, 0) is 52.1 Å². The lowest BCUT2D eigenvalue weighted by molar-refractivity contribution is -0.0472. The van der Waals surface area contributed by atoms with Gasteiger partial charge < -0.3 is 5.11 Å². The number of rotatable bonds is 5. The van der Waals surface area contributed by atoms with Gasteiger partial charge in [0.25, 0.3) is 0 Å². The van der Waals surface area contributed by atoms with Gasteiger partial charge in [-0.2, -0.15) is 0 Å². The summed E-state index contributed by atoms with van der Waals surface area (Å²) in [5.74, 6) is 0.405. The Morgan fingerprint density at radius 1 is 1.19 bits per heavy atom. The van der Waals surface area contributed by atoms with Crippen molar-refractivity contribution in [3.05, 3.63) is 0 Å². The van der Waals surface area contributed by atoms with Gasteiger partial charge in [0.1, 0.15) is 0 Å². The molecule has 0 aliphatic carbocycles. The standard InChI is InChI=1S/C14H29NO/c1-5-9-12(2)13(16)14(3,4)15-10-7-6-8-11-15/h12-13,16H,5-11H2,1-4H3. The smallest absolute Gasteiger partial charge is 0.0743 e. The van der Waals surface area contributed by atoms with E-state index in [1.54, 1.807) is 0 Å². The van der Waals surface area contributed by atoms with Crippen LogP contribution in [0, 0.1) is 5.92 Å². The molecule has 1 fully saturated rings. The van der Waals surface area contributed by atoms with Gasteiger partial charge in [0.05, 0.1) is 6.10 Å². The van der Waals surface area contributed by atoms with Crippen molar-refractivity contribution in [1.82, 2.24) is 4.90 Å². The van der Waals surface area contributed by atoms with Gasteiger partial charge >= 0.3 is 0 Å². The maximum atomic E-state index is 10.5. The second-order valence-corrected chi connectivity index (χ2v) is 5.91. The molecule has 2 nitrogen and oxygen atoms in total. The molecule has 0 saturated carbocycles. The lowest BCUT2D eigenvalue weighted by Crippen LogP contribution is -2.56. The number of likely N-dealkylation sites (tertiary alicyclic amines) is 1. The number of nitrogens with zero attached hydrogens (tertiary/aromatic N) is 1. The fourth-order valence-electron chi connectivity index (χ4n) is 2.97. The van der Waals surface area contributed by atoms with E-state index in [0.717, 1.165) is 25.9 Å². The van der Waals surface area contributed by atoms with Crippen molar-refractivity contribution in [1.29, 1.82) is 0 Å². The van der Waals surface area contributed by atoms with Gasteiger partial charge in [-0.1, -0.05) is 26.7 Å². The SMILES string of the molecule is CCCC(C)C(O)C(C)(C)N1CCCCC1. The Morgan fingerprint density at radius 2 is 1.75 bits per heavy atom. The molecule has 2 heteroatoms. The summed E-state index contributed by atoms with van der Waals surface area (Å²) in [5.41, 5.74) is -0.0605. The molecule has 0 amide bonds. The first-order valence-electron chi connectivity index (χ1n) is 6.93. The second-order valence-electron chi connectivity index (χ2n) is 5.91. The highest BCUT2D eigenvalue weighted by Crippen LogP contribution is 2.29. The van der Waals surface area contributed by atoms with Crippen molar-refractivity contribution >= 4 is 0 Å². The third-order valence-corrected chi connectivity index (χ3v) is 4.18. The van der Waals surface area contributed by atoms with Crippen LogP contribution in [0.5, 0.6) is 0 Å². The summed E-state index contributed by atoms with van der Waals surface area (Å²) in [4.78, 5) is 2.48. The van der Waals surface area contributed by atoms with Crippen LogP contribution in [-0.2, 0) is 0 Å². The minimum Gasteiger partial charge on any atom is -0.391 e. The number of piperidine rings is 1. The highest BCUT2D eigenvalue weighted by Gasteiger charge is 2.37. The molecule has 0 aromatic carbocycles. The molecule has 1 N–H and O–H groups in total. The average molecular weight is 227 g/mol. The van der Waals surface area contributed by atoms with Crippen molar-refractivity contribution in [2.45, 2.75) is 71.4 Å². The molecule has 1 saturated heterocycles. The fraction of sp³-hybridized carbons (Fsp3) is 1.00. The summed E-state index contributed by atoms with van der Waals surface area (Å²) in [6.07, 6.45) is 6.02. The van der Waals surface area contributed by atoms with Gasteiger partial charge in [0, 0.05) is 5.54 Å². The van der Waals surface area contributed by atoms with Gasteiger partial charge in [0.15, 0.2) is 0 Å². The normalized spacial score (nSPS) is 23.1. The molecule has 16 heavy (non-hydrogen) atoms. The molecule has 96 valence electrons. The van der Waals surface area contributed by atoms with Crippen LogP contribution in [0.25, 0.3) is 0 Å². The monoisotopic (exact) mass is 227 g/mol. The van der Waals surface area contributed by atoms with Crippen molar-refractivity contribution in [2.24, 2.45) is 5.92 Å². The van der Waals surface area contributed by atoms with Crippen LogP contribution in [-0.4, -0.2) is 34.7 Å². The van der Waals surface area contributed by atoms with E-state index in [9.17, 15) is 5.11 Å². The largest absolute Gasteiger partial charge is 0.391 e. The third kappa shape index (κ3) is 3.21. The highest BCUT2D eigenvalue weighted by atomic mass is 16.3. The Morgan fingerprint density at radius 3 is 2.25 bits per heavy atom. The summed E-state index contributed by atoms with van der Waals surface area (Å²) >= 11 is 0. The van der Waals surface area contributed by atoms with E-state index in [1.165, 1.54) is 19.3 Å². The van der Waals surface area contributed by atoms with Crippen LogP contribution in [0.1, 0.15) is 59.8 Å². The molecule has 2 atom stereocenters. The predicted molar refractivity (Wildman–Crippen MR) is 69.6 cm³/mol. The number of aliphatic hydroxyl groups is 1. The lowest BCUT2D eigenvalue weighted by atomic mass is 9.83. The first kappa shape index (κ1) is 14.0. The van der Waals surface area contributed by atoms with Crippen molar-refractivity contribution in [3.63, 3.8) is 0 Å². The minimum atomic E-state index is -0.203. The molecular weight excluding hydrogens is 198 g/mol. The van der Waals surface area contributed by atoms with Gasteiger partial charge in [-0.15, -0.1) is 0 Å². The second kappa shape index (κ2) is 6.02. The molecule has 1 heterocycles. The van der Waals surface area contributed by atoms with Crippen LogP contribution >= 0.6 is 0 Å². The summed E-state index contributed by atoms with van der Waals surface area (Å²) < 4.78 is 0. The maximum Gasteiger partial charge on any atom is 0.0743 e. The van der Waals surface area contributed by atoms with Crippen LogP contribution in [0.4, 0.5) is 0 Å². The van der Waals surface area contributed by atoms with Crippen LogP contribution in [0.15, 0.2) is 0 Å². The Labute approximate surface area is 101 Å². The summed E-state index contributed by atoms with van der Waals surface area (Å²) in [6, 6.07) is 0. The number of aliphatic hydroxyl groups excluding tert-OH is 1. The van der Waals surface area contributed by atoms with Gasteiger partial charge in [-0.3, -0.25) is 4.90 Å². The van der Waals surface area contributed by atoms with Crippen LogP contribution in [0.2, 0.25) is 0 Å². The molecule has 0 aromatic heterocycles. The zero-order valence-electron chi connectivity index (χ0n) is 11.5.